The molecule has 0 fully saturated rings. The lowest BCUT2D eigenvalue weighted by Gasteiger charge is -2.42. The van der Waals surface area contributed by atoms with Gasteiger partial charge in [0.1, 0.15) is 11.2 Å². The van der Waals surface area contributed by atoms with Crippen molar-refractivity contribution in [3.63, 3.8) is 0 Å². The van der Waals surface area contributed by atoms with E-state index in [9.17, 15) is 0 Å². The van der Waals surface area contributed by atoms with Crippen LogP contribution in [0.5, 0.6) is 0 Å². The van der Waals surface area contributed by atoms with Gasteiger partial charge in [-0.15, -0.1) is 11.3 Å². The molecule has 0 spiro atoms. The summed E-state index contributed by atoms with van der Waals surface area (Å²) in [7, 11) is 2.51. The van der Waals surface area contributed by atoms with Crippen molar-refractivity contribution in [1.82, 2.24) is 4.57 Å². The van der Waals surface area contributed by atoms with E-state index in [0.717, 1.165) is 33.3 Å². The molecule has 0 atom stereocenters. The highest BCUT2D eigenvalue weighted by molar-refractivity contribution is 7.29. The molecule has 1 radical (unpaired) electrons. The summed E-state index contributed by atoms with van der Waals surface area (Å²) in [5, 5.41) is 10.2. The maximum Gasteiger partial charge on any atom is 0.211 e. The third kappa shape index (κ3) is 5.90. The van der Waals surface area contributed by atoms with Crippen LogP contribution >= 0.6 is 11.3 Å². The second-order valence-electron chi connectivity index (χ2n) is 24.4. The van der Waals surface area contributed by atoms with E-state index in [1.165, 1.54) is 116 Å². The van der Waals surface area contributed by atoms with Gasteiger partial charge >= 0.3 is 0 Å². The van der Waals surface area contributed by atoms with Crippen molar-refractivity contribution in [3.05, 3.63) is 149 Å². The first kappa shape index (κ1) is 42.1. The standard InChI is InChI=1S/C63H60BN2OS/c1-59(2,3)34-17-20-36(21-18-34)65-50-32-47-40(41-30-48-49(31-46(41)63(47,11)12)62(9,10)26-25-61(48,7)8)28-42(50)38-22-23-39-43-29-44-37-15-13-14-16-52(37)67-53(44)33-51(43)66-56(39)55(38)64-58-57(66)45-27-35(60(4,5)6)19-24-54(45)68-58/h13-24,27-33,65H,25-26H2,1-12H3. The normalized spacial score (nSPS) is 16.6. The molecule has 3 aromatic heterocycles. The molecule has 5 heteroatoms. The minimum atomic E-state index is -0.182. The highest BCUT2D eigenvalue weighted by Gasteiger charge is 2.43. The Labute approximate surface area is 405 Å². The van der Waals surface area contributed by atoms with E-state index in [1.54, 1.807) is 0 Å². The van der Waals surface area contributed by atoms with Gasteiger partial charge in [-0.05, 0) is 149 Å². The fraction of sp³-hybridized carbons (Fsp3) is 0.302. The van der Waals surface area contributed by atoms with Crippen LogP contribution in [0.4, 0.5) is 11.4 Å². The zero-order chi connectivity index (χ0) is 47.2. The molecular weight excluding hydrogens is 844 g/mol. The molecule has 68 heavy (non-hydrogen) atoms. The number of hydrogen-bond donors (Lipinski definition) is 1. The second-order valence-corrected chi connectivity index (χ2v) is 25.5. The monoisotopic (exact) mass is 903 g/mol. The SMILES string of the molecule is CC(C)(C)c1ccc(Nc2cc3c(cc2-c2ccc4c5cc6c(cc5n5c4c2[B]c2sc4ccc(C(C)(C)C)cc4c2-5)oc2ccccc26)-c2cc4c(cc2C3(C)C)C(C)(C)CCC4(C)C)cc1. The molecule has 3 aliphatic rings. The first-order valence-electron chi connectivity index (χ1n) is 24.8. The van der Waals surface area contributed by atoms with Crippen LogP contribution in [0.1, 0.15) is 129 Å². The van der Waals surface area contributed by atoms with Gasteiger partial charge in [-0.25, -0.2) is 0 Å². The van der Waals surface area contributed by atoms with Crippen LogP contribution in [-0.4, -0.2) is 11.8 Å². The van der Waals surface area contributed by atoms with Crippen molar-refractivity contribution >= 4 is 94.1 Å². The van der Waals surface area contributed by atoms with Crippen molar-refractivity contribution in [2.75, 3.05) is 5.32 Å². The summed E-state index contributed by atoms with van der Waals surface area (Å²) >= 11 is 1.91. The number of benzene rings is 7. The minimum absolute atomic E-state index is 0.0173. The van der Waals surface area contributed by atoms with Crippen molar-refractivity contribution in [3.8, 4) is 27.9 Å². The third-order valence-electron chi connectivity index (χ3n) is 16.6. The summed E-state index contributed by atoms with van der Waals surface area (Å²) in [5.41, 5.74) is 22.9. The van der Waals surface area contributed by atoms with E-state index in [0.29, 0.717) is 0 Å². The Hall–Kier alpha value is -6.04. The van der Waals surface area contributed by atoms with Crippen LogP contribution in [0.15, 0.2) is 120 Å². The van der Waals surface area contributed by atoms with Crippen molar-refractivity contribution in [1.29, 1.82) is 0 Å². The van der Waals surface area contributed by atoms with Gasteiger partial charge in [0.15, 0.2) is 0 Å². The average molecular weight is 904 g/mol. The summed E-state index contributed by atoms with van der Waals surface area (Å²) in [6, 6.07) is 44.5. The summed E-state index contributed by atoms with van der Waals surface area (Å²) < 4.78 is 11.8. The predicted molar refractivity (Wildman–Crippen MR) is 294 cm³/mol. The second kappa shape index (κ2) is 13.6. The van der Waals surface area contributed by atoms with Gasteiger partial charge in [-0.2, -0.15) is 0 Å². The molecule has 0 bridgehead atoms. The van der Waals surface area contributed by atoms with E-state index in [2.05, 4.69) is 216 Å². The Kier molecular flexibility index (Phi) is 8.42. The molecular formula is C63H60BN2OS. The Balaban J connectivity index is 1.11. The molecule has 1 aliphatic heterocycles. The maximum absolute atomic E-state index is 6.64. The first-order valence-corrected chi connectivity index (χ1v) is 25.6. The van der Waals surface area contributed by atoms with Gasteiger partial charge in [0.2, 0.25) is 7.28 Å². The molecule has 10 aromatic rings. The van der Waals surface area contributed by atoms with E-state index in [-0.39, 0.29) is 27.1 Å². The van der Waals surface area contributed by atoms with Crippen molar-refractivity contribution < 1.29 is 4.42 Å². The number of rotatable bonds is 3. The van der Waals surface area contributed by atoms with Gasteiger partial charge in [0.25, 0.3) is 0 Å². The van der Waals surface area contributed by atoms with Crippen LogP contribution in [0, 0.1) is 0 Å². The van der Waals surface area contributed by atoms with Gasteiger partial charge in [0, 0.05) is 65.6 Å². The Bertz CT molecular complexity index is 3840. The fourth-order valence-corrected chi connectivity index (χ4v) is 13.5. The van der Waals surface area contributed by atoms with Gasteiger partial charge < -0.3 is 14.3 Å². The molecule has 337 valence electrons. The minimum Gasteiger partial charge on any atom is -0.456 e. The van der Waals surface area contributed by atoms with Crippen LogP contribution in [0.2, 0.25) is 0 Å². The lowest BCUT2D eigenvalue weighted by Crippen LogP contribution is -2.35. The molecule has 0 saturated heterocycles. The number of para-hydroxylation sites is 1. The highest BCUT2D eigenvalue weighted by Crippen LogP contribution is 2.56. The zero-order valence-corrected chi connectivity index (χ0v) is 42.5. The summed E-state index contributed by atoms with van der Waals surface area (Å²) in [6.07, 6.45) is 2.39. The molecule has 0 unspecified atom stereocenters. The van der Waals surface area contributed by atoms with E-state index < -0.39 is 0 Å². The maximum atomic E-state index is 6.64. The van der Waals surface area contributed by atoms with Gasteiger partial charge in [0.05, 0.1) is 11.2 Å². The van der Waals surface area contributed by atoms with E-state index in [4.69, 9.17) is 4.42 Å². The van der Waals surface area contributed by atoms with E-state index in [1.807, 2.05) is 11.3 Å². The van der Waals surface area contributed by atoms with Crippen molar-refractivity contribution in [2.45, 2.75) is 123 Å². The Morgan fingerprint density at radius 1 is 0.559 bits per heavy atom. The third-order valence-corrected chi connectivity index (χ3v) is 17.7. The lowest BCUT2D eigenvalue weighted by atomic mass is 9.62. The number of aromatic nitrogens is 1. The number of anilines is 2. The average Bonchev–Trinajstić information content (AvgIpc) is 4.00. The van der Waals surface area contributed by atoms with Gasteiger partial charge in [-0.1, -0.05) is 138 Å². The van der Waals surface area contributed by atoms with E-state index >= 15 is 0 Å². The molecule has 7 aromatic carbocycles. The first-order chi connectivity index (χ1) is 32.2. The topological polar surface area (TPSA) is 30.1 Å². The molecule has 1 N–H and O–H groups in total. The summed E-state index contributed by atoms with van der Waals surface area (Å²) in [4.78, 5) is 0. The zero-order valence-electron chi connectivity index (χ0n) is 41.7. The van der Waals surface area contributed by atoms with Crippen molar-refractivity contribution in [2.24, 2.45) is 0 Å². The molecule has 13 rings (SSSR count). The smallest absolute Gasteiger partial charge is 0.211 e. The molecule has 2 aliphatic carbocycles. The fourth-order valence-electron chi connectivity index (χ4n) is 12.4. The highest BCUT2D eigenvalue weighted by atomic mass is 32.1. The van der Waals surface area contributed by atoms with Crippen LogP contribution in [0.25, 0.3) is 81.8 Å². The molecule has 3 nitrogen and oxygen atoms in total. The quantitative estimate of drug-likeness (QED) is 0.179. The molecule has 0 saturated carbocycles. The Morgan fingerprint density at radius 3 is 1.97 bits per heavy atom. The molecule has 0 amide bonds. The largest absolute Gasteiger partial charge is 0.456 e. The van der Waals surface area contributed by atoms with Crippen LogP contribution in [0.3, 0.4) is 0 Å². The van der Waals surface area contributed by atoms with Crippen LogP contribution in [-0.2, 0) is 27.1 Å². The number of fused-ring (bicyclic) bond motifs is 14. The summed E-state index contributed by atoms with van der Waals surface area (Å²) in [5.74, 6) is 0. The number of furan rings is 1. The Morgan fingerprint density at radius 2 is 1.24 bits per heavy atom. The lowest BCUT2D eigenvalue weighted by molar-refractivity contribution is 0.331. The number of thiophene rings is 1. The van der Waals surface area contributed by atoms with Crippen LogP contribution < -0.4 is 15.6 Å². The van der Waals surface area contributed by atoms with Gasteiger partial charge in [-0.3, -0.25) is 0 Å². The number of nitrogens with one attached hydrogen (secondary N) is 1. The number of nitrogens with zero attached hydrogens (tertiary/aromatic N) is 1. The summed E-state index contributed by atoms with van der Waals surface area (Å²) in [6.45, 7) is 28.5. The predicted octanol–water partition coefficient (Wildman–Crippen LogP) is 16.5. The molecule has 4 heterocycles. The number of hydrogen-bond acceptors (Lipinski definition) is 3.